The van der Waals surface area contributed by atoms with Gasteiger partial charge in [0.25, 0.3) is 5.91 Å². The number of carbonyl (C=O) groups excluding carboxylic acids is 1. The van der Waals surface area contributed by atoms with Gasteiger partial charge in [0.15, 0.2) is 11.5 Å². The maximum atomic E-state index is 13.7. The van der Waals surface area contributed by atoms with Crippen molar-refractivity contribution in [3.05, 3.63) is 86.8 Å². The van der Waals surface area contributed by atoms with Gasteiger partial charge in [0.1, 0.15) is 0 Å². The number of benzene rings is 3. The summed E-state index contributed by atoms with van der Waals surface area (Å²) in [5.41, 5.74) is 3.08. The van der Waals surface area contributed by atoms with Crippen molar-refractivity contribution in [3.63, 3.8) is 0 Å². The molecule has 0 fully saturated rings. The van der Waals surface area contributed by atoms with Crippen molar-refractivity contribution in [2.24, 2.45) is 5.10 Å². The van der Waals surface area contributed by atoms with E-state index in [1.807, 2.05) is 48.5 Å². The third-order valence-corrected chi connectivity index (χ3v) is 6.24. The zero-order valence-corrected chi connectivity index (χ0v) is 20.7. The van der Waals surface area contributed by atoms with E-state index in [0.717, 1.165) is 21.3 Å². The predicted molar refractivity (Wildman–Crippen MR) is 132 cm³/mol. The molecule has 4 rings (SSSR count). The highest BCUT2D eigenvalue weighted by Gasteiger charge is 2.34. The lowest BCUT2D eigenvalue weighted by molar-refractivity contribution is 0.0710. The van der Waals surface area contributed by atoms with E-state index in [9.17, 15) is 4.79 Å². The second kappa shape index (κ2) is 9.85. The van der Waals surface area contributed by atoms with Gasteiger partial charge in [0, 0.05) is 21.5 Å². The van der Waals surface area contributed by atoms with Crippen LogP contribution in [0.15, 0.2) is 70.2 Å². The van der Waals surface area contributed by atoms with Crippen LogP contribution < -0.4 is 14.2 Å². The molecule has 1 atom stereocenters. The lowest BCUT2D eigenvalue weighted by Gasteiger charge is -2.23. The fourth-order valence-corrected chi connectivity index (χ4v) is 4.19. The first-order chi connectivity index (χ1) is 15.9. The molecular formula is C25H22BrClN2O4. The van der Waals surface area contributed by atoms with Gasteiger partial charge in [0.2, 0.25) is 5.75 Å². The van der Waals surface area contributed by atoms with Gasteiger partial charge in [-0.3, -0.25) is 4.79 Å². The Balaban J connectivity index is 1.77. The highest BCUT2D eigenvalue weighted by atomic mass is 79.9. The average Bonchev–Trinajstić information content (AvgIpc) is 3.28. The minimum atomic E-state index is -0.272. The molecule has 0 radical (unpaired) electrons. The van der Waals surface area contributed by atoms with Crippen LogP contribution in [0.2, 0.25) is 5.02 Å². The number of halogens is 2. The zero-order chi connectivity index (χ0) is 23.5. The Labute approximate surface area is 205 Å². The summed E-state index contributed by atoms with van der Waals surface area (Å²) in [5.74, 6) is 0.960. The molecule has 0 aromatic heterocycles. The summed E-state index contributed by atoms with van der Waals surface area (Å²) in [6.07, 6.45) is 0.569. The van der Waals surface area contributed by atoms with Crippen LogP contribution in [0.25, 0.3) is 0 Å². The number of rotatable bonds is 6. The van der Waals surface area contributed by atoms with Crippen molar-refractivity contribution in [3.8, 4) is 17.2 Å². The Morgan fingerprint density at radius 2 is 1.58 bits per heavy atom. The standard InChI is InChI=1S/C25H22BrClN2O4/c1-31-22-12-17(13-23(32-2)24(22)33-3)25(30)29-21(16-4-8-18(26)9-5-16)14-20(28-29)15-6-10-19(27)11-7-15/h4-13,21H,14H2,1-3H3/t21-/m0/s1. The molecule has 0 saturated heterocycles. The normalized spacial score (nSPS) is 15.2. The summed E-state index contributed by atoms with van der Waals surface area (Å²) < 4.78 is 17.2. The summed E-state index contributed by atoms with van der Waals surface area (Å²) in [6.45, 7) is 0. The molecular weight excluding hydrogens is 508 g/mol. The van der Waals surface area contributed by atoms with E-state index >= 15 is 0 Å². The highest BCUT2D eigenvalue weighted by molar-refractivity contribution is 9.10. The Morgan fingerprint density at radius 1 is 0.970 bits per heavy atom. The van der Waals surface area contributed by atoms with E-state index in [4.69, 9.17) is 30.9 Å². The molecule has 0 unspecified atom stereocenters. The quantitative estimate of drug-likeness (QED) is 0.386. The number of hydrogen-bond acceptors (Lipinski definition) is 5. The van der Waals surface area contributed by atoms with Crippen molar-refractivity contribution in [1.29, 1.82) is 0 Å². The monoisotopic (exact) mass is 528 g/mol. The summed E-state index contributed by atoms with van der Waals surface area (Å²) in [5, 5.41) is 6.90. The fraction of sp³-hybridized carbons (Fsp3) is 0.200. The van der Waals surface area contributed by atoms with Gasteiger partial charge in [-0.2, -0.15) is 5.10 Å². The SMILES string of the molecule is COc1cc(C(=O)N2N=C(c3ccc(Cl)cc3)C[C@H]2c2ccc(Br)cc2)cc(OC)c1OC. The number of hydrazone groups is 1. The third kappa shape index (κ3) is 4.70. The molecule has 0 aliphatic carbocycles. The molecule has 0 bridgehead atoms. The van der Waals surface area contributed by atoms with Crippen molar-refractivity contribution in [2.45, 2.75) is 12.5 Å². The lowest BCUT2D eigenvalue weighted by atomic mass is 9.98. The number of hydrogen-bond donors (Lipinski definition) is 0. The zero-order valence-electron chi connectivity index (χ0n) is 18.3. The van der Waals surface area contributed by atoms with E-state index < -0.39 is 0 Å². The molecule has 1 aliphatic heterocycles. The van der Waals surface area contributed by atoms with E-state index in [1.165, 1.54) is 26.3 Å². The van der Waals surface area contributed by atoms with Crippen LogP contribution in [0.4, 0.5) is 0 Å². The average molecular weight is 530 g/mol. The second-order valence-electron chi connectivity index (χ2n) is 7.39. The van der Waals surface area contributed by atoms with Crippen LogP contribution in [-0.2, 0) is 0 Å². The van der Waals surface area contributed by atoms with Gasteiger partial charge >= 0.3 is 0 Å². The topological polar surface area (TPSA) is 60.4 Å². The van der Waals surface area contributed by atoms with Gasteiger partial charge in [-0.1, -0.05) is 51.8 Å². The van der Waals surface area contributed by atoms with Gasteiger partial charge in [-0.05, 0) is 47.5 Å². The van der Waals surface area contributed by atoms with Crippen molar-refractivity contribution < 1.29 is 19.0 Å². The van der Waals surface area contributed by atoms with Crippen LogP contribution in [0.1, 0.15) is 33.9 Å². The summed E-state index contributed by atoms with van der Waals surface area (Å²) >= 11 is 9.53. The molecule has 33 heavy (non-hydrogen) atoms. The highest BCUT2D eigenvalue weighted by Crippen LogP contribution is 2.40. The molecule has 0 spiro atoms. The Morgan fingerprint density at radius 3 is 2.12 bits per heavy atom. The smallest absolute Gasteiger partial charge is 0.274 e. The Bertz CT molecular complexity index is 1170. The van der Waals surface area contributed by atoms with E-state index in [-0.39, 0.29) is 11.9 Å². The number of carbonyl (C=O) groups is 1. The van der Waals surface area contributed by atoms with E-state index in [0.29, 0.717) is 34.3 Å². The van der Waals surface area contributed by atoms with Crippen molar-refractivity contribution >= 4 is 39.1 Å². The molecule has 0 saturated carbocycles. The fourth-order valence-electron chi connectivity index (χ4n) is 3.80. The number of nitrogens with zero attached hydrogens (tertiary/aromatic N) is 2. The van der Waals surface area contributed by atoms with Crippen LogP contribution >= 0.6 is 27.5 Å². The van der Waals surface area contributed by atoms with Gasteiger partial charge < -0.3 is 14.2 Å². The van der Waals surface area contributed by atoms with Gasteiger partial charge in [0.05, 0.1) is 33.1 Å². The van der Waals surface area contributed by atoms with E-state index in [1.54, 1.807) is 12.1 Å². The maximum absolute atomic E-state index is 13.7. The molecule has 3 aromatic rings. The molecule has 0 N–H and O–H groups in total. The molecule has 6 nitrogen and oxygen atoms in total. The number of methoxy groups -OCH3 is 3. The van der Waals surface area contributed by atoms with Crippen molar-refractivity contribution in [1.82, 2.24) is 5.01 Å². The summed E-state index contributed by atoms with van der Waals surface area (Å²) in [4.78, 5) is 13.7. The van der Waals surface area contributed by atoms with E-state index in [2.05, 4.69) is 15.9 Å². The molecule has 1 amide bonds. The minimum Gasteiger partial charge on any atom is -0.493 e. The lowest BCUT2D eigenvalue weighted by Crippen LogP contribution is -2.27. The Kier molecular flexibility index (Phi) is 6.91. The summed E-state index contributed by atoms with van der Waals surface area (Å²) in [7, 11) is 4.56. The van der Waals surface area contributed by atoms with Crippen LogP contribution in [0, 0.1) is 0 Å². The first-order valence-electron chi connectivity index (χ1n) is 10.2. The van der Waals surface area contributed by atoms with Crippen LogP contribution in [0.5, 0.6) is 17.2 Å². The molecule has 1 heterocycles. The molecule has 1 aliphatic rings. The van der Waals surface area contributed by atoms with Gasteiger partial charge in [-0.15, -0.1) is 0 Å². The molecule has 8 heteroatoms. The third-order valence-electron chi connectivity index (χ3n) is 5.46. The molecule has 170 valence electrons. The largest absolute Gasteiger partial charge is 0.493 e. The Hall–Kier alpha value is -3.03. The predicted octanol–water partition coefficient (Wildman–Crippen LogP) is 6.12. The maximum Gasteiger partial charge on any atom is 0.274 e. The van der Waals surface area contributed by atoms with Crippen LogP contribution in [0.3, 0.4) is 0 Å². The number of amides is 1. The summed E-state index contributed by atoms with van der Waals surface area (Å²) in [6, 6.07) is 18.4. The first-order valence-corrected chi connectivity index (χ1v) is 11.3. The minimum absolute atomic E-state index is 0.268. The number of ether oxygens (including phenoxy) is 3. The van der Waals surface area contributed by atoms with Gasteiger partial charge in [-0.25, -0.2) is 5.01 Å². The first kappa shape index (κ1) is 23.1. The second-order valence-corrected chi connectivity index (χ2v) is 8.74. The molecule has 3 aromatic carbocycles. The van der Waals surface area contributed by atoms with Crippen molar-refractivity contribution in [2.75, 3.05) is 21.3 Å². The van der Waals surface area contributed by atoms with Crippen LogP contribution in [-0.4, -0.2) is 38.0 Å².